The number of aldehydes is 1. The minimum Gasteiger partial charge on any atom is -0.486 e. The van der Waals surface area contributed by atoms with E-state index in [-0.39, 0.29) is 28.5 Å². The first-order valence-corrected chi connectivity index (χ1v) is 5.80. The van der Waals surface area contributed by atoms with Crippen LogP contribution in [0.15, 0.2) is 36.4 Å². The second-order valence-corrected chi connectivity index (χ2v) is 4.20. The van der Waals surface area contributed by atoms with Crippen LogP contribution in [0, 0.1) is 11.6 Å². The highest BCUT2D eigenvalue weighted by Gasteiger charge is 2.10. The monoisotopic (exact) mass is 282 g/mol. The molecule has 2 aromatic rings. The molecule has 2 nitrogen and oxygen atoms in total. The lowest BCUT2D eigenvalue weighted by molar-refractivity contribution is 0.112. The van der Waals surface area contributed by atoms with E-state index in [0.717, 1.165) is 6.07 Å². The van der Waals surface area contributed by atoms with E-state index in [1.54, 1.807) is 0 Å². The van der Waals surface area contributed by atoms with Gasteiger partial charge in [0.05, 0.1) is 5.02 Å². The Kier molecular flexibility index (Phi) is 4.12. The molecule has 2 rings (SSSR count). The number of ether oxygens (including phenoxy) is 1. The van der Waals surface area contributed by atoms with Crippen LogP contribution in [0.5, 0.6) is 5.75 Å². The third-order valence-corrected chi connectivity index (χ3v) is 2.88. The molecule has 0 spiro atoms. The van der Waals surface area contributed by atoms with E-state index < -0.39 is 11.6 Å². The molecule has 0 bridgehead atoms. The van der Waals surface area contributed by atoms with Gasteiger partial charge in [0.1, 0.15) is 18.7 Å². The van der Waals surface area contributed by atoms with E-state index in [9.17, 15) is 13.6 Å². The van der Waals surface area contributed by atoms with Crippen molar-refractivity contribution >= 4 is 17.9 Å². The maximum Gasteiger partial charge on any atom is 0.165 e. The van der Waals surface area contributed by atoms with Crippen LogP contribution in [0.2, 0.25) is 5.02 Å². The fourth-order valence-corrected chi connectivity index (χ4v) is 1.75. The summed E-state index contributed by atoms with van der Waals surface area (Å²) in [5.74, 6) is -1.26. The van der Waals surface area contributed by atoms with E-state index >= 15 is 0 Å². The number of hydrogen-bond acceptors (Lipinski definition) is 2. The van der Waals surface area contributed by atoms with Crippen LogP contribution in [-0.4, -0.2) is 6.29 Å². The molecule has 98 valence electrons. The van der Waals surface area contributed by atoms with Crippen LogP contribution < -0.4 is 4.74 Å². The maximum atomic E-state index is 13.5. The van der Waals surface area contributed by atoms with Gasteiger partial charge in [0.2, 0.25) is 0 Å². The third-order valence-electron chi connectivity index (χ3n) is 2.53. The number of benzene rings is 2. The zero-order chi connectivity index (χ0) is 13.8. The number of halogens is 3. The van der Waals surface area contributed by atoms with Crippen molar-refractivity contribution in [3.63, 3.8) is 0 Å². The molecule has 19 heavy (non-hydrogen) atoms. The average molecular weight is 283 g/mol. The van der Waals surface area contributed by atoms with Gasteiger partial charge in [-0.3, -0.25) is 4.79 Å². The molecule has 2 aromatic carbocycles. The zero-order valence-corrected chi connectivity index (χ0v) is 10.5. The Hall–Kier alpha value is -1.94. The Morgan fingerprint density at radius 2 is 1.95 bits per heavy atom. The highest BCUT2D eigenvalue weighted by Crippen LogP contribution is 2.23. The number of carbonyl (C=O) groups is 1. The molecular formula is C14H9ClF2O2. The van der Waals surface area contributed by atoms with Crippen molar-refractivity contribution < 1.29 is 18.3 Å². The molecule has 0 radical (unpaired) electrons. The molecule has 0 unspecified atom stereocenters. The second-order valence-electron chi connectivity index (χ2n) is 3.80. The molecule has 0 aromatic heterocycles. The molecule has 0 saturated carbocycles. The first kappa shape index (κ1) is 13.5. The van der Waals surface area contributed by atoms with Crippen molar-refractivity contribution in [2.75, 3.05) is 0 Å². The maximum absolute atomic E-state index is 13.5. The fourth-order valence-electron chi connectivity index (χ4n) is 1.53. The highest BCUT2D eigenvalue weighted by molar-refractivity contribution is 6.31. The van der Waals surface area contributed by atoms with Gasteiger partial charge in [0.25, 0.3) is 0 Å². The van der Waals surface area contributed by atoms with Gasteiger partial charge in [0.15, 0.2) is 11.6 Å². The quantitative estimate of drug-likeness (QED) is 0.792. The topological polar surface area (TPSA) is 26.3 Å². The van der Waals surface area contributed by atoms with Crippen LogP contribution >= 0.6 is 11.6 Å². The van der Waals surface area contributed by atoms with E-state index in [4.69, 9.17) is 16.3 Å². The molecule has 0 aliphatic rings. The number of hydrogen-bond donors (Lipinski definition) is 0. The normalized spacial score (nSPS) is 10.3. The van der Waals surface area contributed by atoms with Gasteiger partial charge in [0, 0.05) is 11.1 Å². The van der Waals surface area contributed by atoms with Crippen LogP contribution in [0.4, 0.5) is 8.78 Å². The van der Waals surface area contributed by atoms with Gasteiger partial charge in [-0.15, -0.1) is 0 Å². The summed E-state index contributed by atoms with van der Waals surface area (Å²) in [6.07, 6.45) is 0.528. The van der Waals surface area contributed by atoms with Crippen molar-refractivity contribution in [3.05, 3.63) is 64.2 Å². The van der Waals surface area contributed by atoms with Crippen LogP contribution in [-0.2, 0) is 6.61 Å². The Balaban J connectivity index is 2.17. The van der Waals surface area contributed by atoms with Crippen molar-refractivity contribution in [2.45, 2.75) is 6.61 Å². The Morgan fingerprint density at radius 3 is 2.58 bits per heavy atom. The lowest BCUT2D eigenvalue weighted by Gasteiger charge is -2.09. The van der Waals surface area contributed by atoms with Crippen LogP contribution in [0.1, 0.15) is 15.9 Å². The fraction of sp³-hybridized carbons (Fsp3) is 0.0714. The lowest BCUT2D eigenvalue weighted by Crippen LogP contribution is -2.01. The molecule has 0 fully saturated rings. The van der Waals surface area contributed by atoms with Gasteiger partial charge in [-0.25, -0.2) is 8.78 Å². The Morgan fingerprint density at radius 1 is 1.16 bits per heavy atom. The predicted molar refractivity (Wildman–Crippen MR) is 67.5 cm³/mol. The van der Waals surface area contributed by atoms with Crippen molar-refractivity contribution in [2.24, 2.45) is 0 Å². The summed E-state index contributed by atoms with van der Waals surface area (Å²) in [6.45, 7) is -0.192. The summed E-state index contributed by atoms with van der Waals surface area (Å²) in [5.41, 5.74) is 0.358. The molecular weight excluding hydrogens is 274 g/mol. The summed E-state index contributed by atoms with van der Waals surface area (Å²) in [4.78, 5) is 10.5. The molecule has 0 N–H and O–H groups in total. The lowest BCUT2D eigenvalue weighted by atomic mass is 10.2. The summed E-state index contributed by atoms with van der Waals surface area (Å²) < 4.78 is 32.2. The molecule has 0 heterocycles. The van der Waals surface area contributed by atoms with Gasteiger partial charge < -0.3 is 4.74 Å². The van der Waals surface area contributed by atoms with Gasteiger partial charge in [-0.05, 0) is 30.3 Å². The van der Waals surface area contributed by atoms with Gasteiger partial charge >= 0.3 is 0 Å². The van der Waals surface area contributed by atoms with Crippen molar-refractivity contribution in [1.29, 1.82) is 0 Å². The summed E-state index contributed by atoms with van der Waals surface area (Å²) in [6, 6.07) is 8.01. The average Bonchev–Trinajstić information content (AvgIpc) is 2.39. The van der Waals surface area contributed by atoms with E-state index in [1.807, 2.05) is 0 Å². The second kappa shape index (κ2) is 5.80. The molecule has 0 amide bonds. The van der Waals surface area contributed by atoms with E-state index in [0.29, 0.717) is 6.29 Å². The molecule has 0 aliphatic heterocycles. The zero-order valence-electron chi connectivity index (χ0n) is 9.70. The standard InChI is InChI=1S/C14H9ClF2O2/c15-11-2-1-3-12(16)10(11)8-19-14-5-4-9(7-18)6-13(14)17/h1-7H,8H2. The Bertz CT molecular complexity index is 594. The van der Waals surface area contributed by atoms with E-state index in [2.05, 4.69) is 0 Å². The van der Waals surface area contributed by atoms with Crippen LogP contribution in [0.3, 0.4) is 0 Å². The largest absolute Gasteiger partial charge is 0.486 e. The minimum atomic E-state index is -0.683. The molecule has 0 aliphatic carbocycles. The van der Waals surface area contributed by atoms with Crippen molar-refractivity contribution in [3.8, 4) is 5.75 Å². The molecule has 5 heteroatoms. The smallest absolute Gasteiger partial charge is 0.165 e. The first-order chi connectivity index (χ1) is 9.11. The number of carbonyl (C=O) groups excluding carboxylic acids is 1. The van der Waals surface area contributed by atoms with Gasteiger partial charge in [-0.2, -0.15) is 0 Å². The molecule has 0 atom stereocenters. The summed E-state index contributed by atoms with van der Waals surface area (Å²) in [5, 5.41) is 0.213. The molecule has 0 saturated heterocycles. The SMILES string of the molecule is O=Cc1ccc(OCc2c(F)cccc2Cl)c(F)c1. The summed E-state index contributed by atoms with van der Waals surface area (Å²) >= 11 is 5.82. The van der Waals surface area contributed by atoms with Gasteiger partial charge in [-0.1, -0.05) is 17.7 Å². The van der Waals surface area contributed by atoms with E-state index in [1.165, 1.54) is 30.3 Å². The minimum absolute atomic E-state index is 0.0649. The highest BCUT2D eigenvalue weighted by atomic mass is 35.5. The third kappa shape index (κ3) is 3.09. The summed E-state index contributed by atoms with van der Waals surface area (Å²) in [7, 11) is 0. The van der Waals surface area contributed by atoms with Crippen molar-refractivity contribution in [1.82, 2.24) is 0 Å². The Labute approximate surface area is 113 Å². The predicted octanol–water partition coefficient (Wildman–Crippen LogP) is 4.01. The van der Waals surface area contributed by atoms with Crippen LogP contribution in [0.25, 0.3) is 0 Å². The number of rotatable bonds is 4. The first-order valence-electron chi connectivity index (χ1n) is 5.42.